The lowest BCUT2D eigenvalue weighted by Crippen LogP contribution is -2.31. The largest absolute Gasteiger partial charge is 0.329 e. The fourth-order valence-electron chi connectivity index (χ4n) is 1.40. The quantitative estimate of drug-likeness (QED) is 0.486. The van der Waals surface area contributed by atoms with Gasteiger partial charge in [0.2, 0.25) is 0 Å². The SMILES string of the molecule is CCN(CC)CCCN(CC)C(=O)Cl. The fourth-order valence-corrected chi connectivity index (χ4v) is 1.60. The van der Waals surface area contributed by atoms with E-state index in [0.717, 1.165) is 32.6 Å². The first-order valence-corrected chi connectivity index (χ1v) is 5.70. The third-order valence-corrected chi connectivity index (χ3v) is 2.67. The molecule has 3 nitrogen and oxygen atoms in total. The lowest BCUT2D eigenvalue weighted by molar-refractivity contribution is 0.217. The van der Waals surface area contributed by atoms with Gasteiger partial charge in [-0.15, -0.1) is 0 Å². The van der Waals surface area contributed by atoms with Crippen molar-refractivity contribution < 1.29 is 4.79 Å². The molecule has 0 fully saturated rings. The molecular formula is C10H21ClN2O. The molecule has 0 aromatic carbocycles. The first kappa shape index (κ1) is 13.7. The minimum absolute atomic E-state index is 0.341. The second-order valence-electron chi connectivity index (χ2n) is 3.21. The topological polar surface area (TPSA) is 23.6 Å². The maximum atomic E-state index is 10.9. The highest BCUT2D eigenvalue weighted by Crippen LogP contribution is 1.99. The molecule has 0 saturated carbocycles. The minimum atomic E-state index is -0.341. The number of carbonyl (C=O) groups is 1. The summed E-state index contributed by atoms with van der Waals surface area (Å²) in [5, 5.41) is -0.341. The molecule has 14 heavy (non-hydrogen) atoms. The molecule has 0 spiro atoms. The highest BCUT2D eigenvalue weighted by Gasteiger charge is 2.07. The lowest BCUT2D eigenvalue weighted by Gasteiger charge is -2.21. The van der Waals surface area contributed by atoms with Crippen molar-refractivity contribution >= 4 is 17.0 Å². The van der Waals surface area contributed by atoms with E-state index >= 15 is 0 Å². The molecule has 0 heterocycles. The number of hydrogen-bond donors (Lipinski definition) is 0. The lowest BCUT2D eigenvalue weighted by atomic mass is 10.3. The number of halogens is 1. The Morgan fingerprint density at radius 1 is 1.07 bits per heavy atom. The van der Waals surface area contributed by atoms with Gasteiger partial charge in [-0.25, -0.2) is 0 Å². The second kappa shape index (κ2) is 8.06. The molecule has 84 valence electrons. The van der Waals surface area contributed by atoms with E-state index in [1.807, 2.05) is 6.92 Å². The van der Waals surface area contributed by atoms with Gasteiger partial charge in [0.25, 0.3) is 0 Å². The van der Waals surface area contributed by atoms with Gasteiger partial charge in [-0.1, -0.05) is 13.8 Å². The molecule has 0 unspecified atom stereocenters. The summed E-state index contributed by atoms with van der Waals surface area (Å²) < 4.78 is 0. The smallest absolute Gasteiger partial charge is 0.316 e. The van der Waals surface area contributed by atoms with E-state index in [4.69, 9.17) is 11.6 Å². The van der Waals surface area contributed by atoms with E-state index in [1.165, 1.54) is 0 Å². The van der Waals surface area contributed by atoms with E-state index < -0.39 is 0 Å². The maximum absolute atomic E-state index is 10.9. The van der Waals surface area contributed by atoms with Crippen molar-refractivity contribution in [2.75, 3.05) is 32.7 Å². The van der Waals surface area contributed by atoms with E-state index in [0.29, 0.717) is 6.54 Å². The van der Waals surface area contributed by atoms with E-state index in [2.05, 4.69) is 18.7 Å². The highest BCUT2D eigenvalue weighted by molar-refractivity contribution is 6.62. The summed E-state index contributed by atoms with van der Waals surface area (Å²) in [7, 11) is 0. The summed E-state index contributed by atoms with van der Waals surface area (Å²) in [5.74, 6) is 0. The summed E-state index contributed by atoms with van der Waals surface area (Å²) in [5.41, 5.74) is 0. The molecule has 0 aromatic heterocycles. The predicted octanol–water partition coefficient (Wildman–Crippen LogP) is 2.40. The molecule has 0 aliphatic heterocycles. The van der Waals surface area contributed by atoms with Crippen LogP contribution in [0.1, 0.15) is 27.2 Å². The number of hydrogen-bond acceptors (Lipinski definition) is 2. The van der Waals surface area contributed by atoms with Crippen molar-refractivity contribution in [2.45, 2.75) is 27.2 Å². The molecule has 0 atom stereocenters. The highest BCUT2D eigenvalue weighted by atomic mass is 35.5. The predicted molar refractivity (Wildman–Crippen MR) is 60.9 cm³/mol. The summed E-state index contributed by atoms with van der Waals surface area (Å²) in [6.07, 6.45) is 0.994. The van der Waals surface area contributed by atoms with Gasteiger partial charge in [-0.3, -0.25) is 4.79 Å². The van der Waals surface area contributed by atoms with Crippen LogP contribution in [0.3, 0.4) is 0 Å². The van der Waals surface area contributed by atoms with Gasteiger partial charge in [-0.05, 0) is 44.6 Å². The Labute approximate surface area is 92.0 Å². The van der Waals surface area contributed by atoms with E-state index in [-0.39, 0.29) is 5.37 Å². The Balaban J connectivity index is 3.65. The molecular weight excluding hydrogens is 200 g/mol. The number of nitrogens with zero attached hydrogens (tertiary/aromatic N) is 2. The van der Waals surface area contributed by atoms with Crippen molar-refractivity contribution in [2.24, 2.45) is 0 Å². The molecule has 0 radical (unpaired) electrons. The monoisotopic (exact) mass is 220 g/mol. The zero-order valence-electron chi connectivity index (χ0n) is 9.42. The molecule has 0 saturated heterocycles. The van der Waals surface area contributed by atoms with Crippen LogP contribution in [0.2, 0.25) is 0 Å². The summed E-state index contributed by atoms with van der Waals surface area (Å²) in [6, 6.07) is 0. The number of rotatable bonds is 7. The van der Waals surface area contributed by atoms with Crippen LogP contribution in [-0.2, 0) is 0 Å². The van der Waals surface area contributed by atoms with Crippen LogP contribution in [-0.4, -0.2) is 47.9 Å². The van der Waals surface area contributed by atoms with Gasteiger partial charge in [0, 0.05) is 13.1 Å². The summed E-state index contributed by atoms with van der Waals surface area (Å²) >= 11 is 5.40. The van der Waals surface area contributed by atoms with E-state index in [1.54, 1.807) is 4.90 Å². The van der Waals surface area contributed by atoms with E-state index in [9.17, 15) is 4.79 Å². The molecule has 0 aromatic rings. The molecule has 1 amide bonds. The Bertz CT molecular complexity index is 160. The van der Waals surface area contributed by atoms with Crippen molar-refractivity contribution in [1.82, 2.24) is 9.80 Å². The van der Waals surface area contributed by atoms with Gasteiger partial charge in [-0.2, -0.15) is 0 Å². The Morgan fingerprint density at radius 3 is 2.00 bits per heavy atom. The third-order valence-electron chi connectivity index (χ3n) is 2.43. The third kappa shape index (κ3) is 5.45. The van der Waals surface area contributed by atoms with Crippen LogP contribution in [0, 0.1) is 0 Å². The van der Waals surface area contributed by atoms with Crippen LogP contribution in [0.5, 0.6) is 0 Å². The molecule has 0 aliphatic rings. The number of carbonyl (C=O) groups excluding carboxylic acids is 1. The number of amides is 1. The zero-order valence-corrected chi connectivity index (χ0v) is 10.2. The fraction of sp³-hybridized carbons (Fsp3) is 0.900. The summed E-state index contributed by atoms with van der Waals surface area (Å²) in [6.45, 7) is 10.9. The Morgan fingerprint density at radius 2 is 1.64 bits per heavy atom. The van der Waals surface area contributed by atoms with Crippen molar-refractivity contribution in [3.8, 4) is 0 Å². The first-order valence-electron chi connectivity index (χ1n) is 5.32. The summed E-state index contributed by atoms with van der Waals surface area (Å²) in [4.78, 5) is 14.9. The zero-order chi connectivity index (χ0) is 11.0. The van der Waals surface area contributed by atoms with Gasteiger partial charge in [0.1, 0.15) is 0 Å². The second-order valence-corrected chi connectivity index (χ2v) is 3.54. The average Bonchev–Trinajstić information content (AvgIpc) is 2.18. The standard InChI is InChI=1S/C10H21ClN2O/c1-4-12(5-2)8-7-9-13(6-3)10(11)14/h4-9H2,1-3H3. The normalized spacial score (nSPS) is 10.6. The first-order chi connectivity index (χ1) is 6.65. The van der Waals surface area contributed by atoms with Crippen LogP contribution >= 0.6 is 11.6 Å². The van der Waals surface area contributed by atoms with Gasteiger partial charge >= 0.3 is 5.37 Å². The molecule has 0 bridgehead atoms. The minimum Gasteiger partial charge on any atom is -0.329 e. The van der Waals surface area contributed by atoms with Gasteiger partial charge in [0.15, 0.2) is 0 Å². The average molecular weight is 221 g/mol. The van der Waals surface area contributed by atoms with Crippen LogP contribution in [0.15, 0.2) is 0 Å². The van der Waals surface area contributed by atoms with Crippen LogP contribution in [0.4, 0.5) is 4.79 Å². The Kier molecular flexibility index (Phi) is 7.90. The van der Waals surface area contributed by atoms with Crippen LogP contribution in [0.25, 0.3) is 0 Å². The Hall–Kier alpha value is -0.280. The van der Waals surface area contributed by atoms with Crippen LogP contribution < -0.4 is 0 Å². The molecule has 0 N–H and O–H groups in total. The molecule has 0 rings (SSSR count). The molecule has 4 heteroatoms. The maximum Gasteiger partial charge on any atom is 0.316 e. The van der Waals surface area contributed by atoms with Crippen molar-refractivity contribution in [3.05, 3.63) is 0 Å². The van der Waals surface area contributed by atoms with Gasteiger partial charge < -0.3 is 9.80 Å². The molecule has 0 aliphatic carbocycles. The van der Waals surface area contributed by atoms with Crippen molar-refractivity contribution in [3.63, 3.8) is 0 Å². The van der Waals surface area contributed by atoms with Crippen molar-refractivity contribution in [1.29, 1.82) is 0 Å². The van der Waals surface area contributed by atoms with Gasteiger partial charge in [0.05, 0.1) is 0 Å².